The molecular weight excluding hydrogens is 396 g/mol. The molecule has 0 aromatic heterocycles. The molecule has 2 aromatic carbocycles. The summed E-state index contributed by atoms with van der Waals surface area (Å²) in [5, 5.41) is 0. The Morgan fingerprint density at radius 1 is 1.03 bits per heavy atom. The first-order valence-corrected chi connectivity index (χ1v) is 10.4. The van der Waals surface area contributed by atoms with Crippen LogP contribution in [0.4, 0.5) is 0 Å². The Morgan fingerprint density at radius 2 is 1.81 bits per heavy atom. The minimum Gasteiger partial charge on any atom is -0.497 e. The molecule has 0 bridgehead atoms. The van der Waals surface area contributed by atoms with E-state index in [9.17, 15) is 9.59 Å². The summed E-state index contributed by atoms with van der Waals surface area (Å²) in [5.41, 5.74) is 1.88. The van der Waals surface area contributed by atoms with Crippen LogP contribution in [0.15, 0.2) is 54.8 Å². The Kier molecular flexibility index (Phi) is 6.37. The minimum atomic E-state index is -0.235. The van der Waals surface area contributed by atoms with Gasteiger partial charge in [-0.15, -0.1) is 0 Å². The zero-order valence-corrected chi connectivity index (χ0v) is 17.7. The van der Waals surface area contributed by atoms with E-state index >= 15 is 0 Å². The number of carbonyl (C=O) groups excluding carboxylic acids is 2. The third-order valence-corrected chi connectivity index (χ3v) is 5.97. The van der Waals surface area contributed by atoms with Gasteiger partial charge in [0, 0.05) is 17.5 Å². The van der Waals surface area contributed by atoms with Gasteiger partial charge in [0.1, 0.15) is 24.2 Å². The number of para-hydroxylation sites is 1. The minimum absolute atomic E-state index is 0.00460. The number of methoxy groups -OCH3 is 2. The average molecular weight is 422 g/mol. The zero-order valence-electron chi connectivity index (χ0n) is 17.7. The summed E-state index contributed by atoms with van der Waals surface area (Å²) in [6, 6.07) is 14.4. The van der Waals surface area contributed by atoms with Crippen molar-refractivity contribution in [1.29, 1.82) is 0 Å². The summed E-state index contributed by atoms with van der Waals surface area (Å²) in [7, 11) is 3.18. The normalized spacial score (nSPS) is 22.7. The molecule has 2 aromatic rings. The first kappa shape index (κ1) is 21.1. The molecule has 4 rings (SSSR count). The van der Waals surface area contributed by atoms with Gasteiger partial charge in [-0.2, -0.15) is 0 Å². The molecule has 0 spiro atoms. The van der Waals surface area contributed by atoms with Gasteiger partial charge in [0.25, 0.3) is 0 Å². The molecule has 31 heavy (non-hydrogen) atoms. The predicted molar refractivity (Wildman–Crippen MR) is 115 cm³/mol. The highest BCUT2D eigenvalue weighted by molar-refractivity contribution is 6.22. The number of Topliss-reactive ketones (excluding diaryl/α,β-unsaturated/α-hetero) is 2. The highest BCUT2D eigenvalue weighted by Gasteiger charge is 2.41. The second-order valence-electron chi connectivity index (χ2n) is 7.77. The van der Waals surface area contributed by atoms with Gasteiger partial charge in [-0.3, -0.25) is 9.59 Å². The van der Waals surface area contributed by atoms with Gasteiger partial charge in [0.15, 0.2) is 11.6 Å². The van der Waals surface area contributed by atoms with Crippen LogP contribution in [0.2, 0.25) is 0 Å². The smallest absolute Gasteiger partial charge is 0.188 e. The van der Waals surface area contributed by atoms with E-state index in [1.165, 1.54) is 0 Å². The molecule has 162 valence electrons. The Balaban J connectivity index is 1.37. The quantitative estimate of drug-likeness (QED) is 0.626. The van der Waals surface area contributed by atoms with Crippen LogP contribution in [0.5, 0.6) is 11.5 Å². The van der Waals surface area contributed by atoms with Crippen molar-refractivity contribution in [3.8, 4) is 11.5 Å². The molecule has 0 radical (unpaired) electrons. The van der Waals surface area contributed by atoms with Crippen LogP contribution in [-0.4, -0.2) is 44.6 Å². The van der Waals surface area contributed by atoms with Gasteiger partial charge < -0.3 is 18.9 Å². The van der Waals surface area contributed by atoms with Gasteiger partial charge >= 0.3 is 0 Å². The van der Waals surface area contributed by atoms with E-state index in [0.29, 0.717) is 41.9 Å². The lowest BCUT2D eigenvalue weighted by atomic mass is 9.77. The molecule has 1 aliphatic heterocycles. The second-order valence-corrected chi connectivity index (χ2v) is 7.77. The molecule has 2 aliphatic rings. The van der Waals surface area contributed by atoms with E-state index in [0.717, 1.165) is 5.56 Å². The Morgan fingerprint density at radius 3 is 2.55 bits per heavy atom. The maximum Gasteiger partial charge on any atom is 0.188 e. The van der Waals surface area contributed by atoms with Crippen LogP contribution in [0.25, 0.3) is 5.57 Å². The number of ether oxygens (including phenoxy) is 4. The summed E-state index contributed by atoms with van der Waals surface area (Å²) in [6.45, 7) is 0.00460. The third kappa shape index (κ3) is 4.49. The van der Waals surface area contributed by atoms with E-state index in [4.69, 9.17) is 18.9 Å². The maximum atomic E-state index is 13.1. The molecule has 0 N–H and O–H groups in total. The number of rotatable bonds is 7. The lowest BCUT2D eigenvalue weighted by Gasteiger charge is -2.37. The SMILES string of the molecule is COc1ccc(C(=O)COC2CCC3C(=O)C(c4ccccc4OC)=COC3C2)cc1. The summed E-state index contributed by atoms with van der Waals surface area (Å²) < 4.78 is 22.3. The number of ketones is 2. The van der Waals surface area contributed by atoms with Crippen molar-refractivity contribution in [3.05, 3.63) is 65.9 Å². The Bertz CT molecular complexity index is 978. The lowest BCUT2D eigenvalue weighted by molar-refractivity contribution is -0.127. The van der Waals surface area contributed by atoms with E-state index in [1.54, 1.807) is 44.7 Å². The van der Waals surface area contributed by atoms with E-state index in [1.807, 2.05) is 24.3 Å². The van der Waals surface area contributed by atoms with Crippen LogP contribution in [0.3, 0.4) is 0 Å². The molecule has 1 heterocycles. The molecule has 0 amide bonds. The first-order valence-electron chi connectivity index (χ1n) is 10.4. The van der Waals surface area contributed by atoms with Crippen molar-refractivity contribution < 1.29 is 28.5 Å². The molecule has 1 fully saturated rings. The van der Waals surface area contributed by atoms with Crippen molar-refractivity contribution in [2.75, 3.05) is 20.8 Å². The summed E-state index contributed by atoms with van der Waals surface area (Å²) in [4.78, 5) is 25.5. The molecule has 1 saturated carbocycles. The van der Waals surface area contributed by atoms with E-state index in [-0.39, 0.29) is 36.3 Å². The fourth-order valence-corrected chi connectivity index (χ4v) is 4.22. The average Bonchev–Trinajstić information content (AvgIpc) is 2.82. The van der Waals surface area contributed by atoms with Gasteiger partial charge in [0.2, 0.25) is 0 Å². The molecule has 6 heteroatoms. The molecule has 1 aliphatic carbocycles. The monoisotopic (exact) mass is 422 g/mol. The number of carbonyl (C=O) groups is 2. The largest absolute Gasteiger partial charge is 0.497 e. The van der Waals surface area contributed by atoms with Crippen molar-refractivity contribution in [2.45, 2.75) is 31.5 Å². The van der Waals surface area contributed by atoms with Crippen molar-refractivity contribution in [1.82, 2.24) is 0 Å². The maximum absolute atomic E-state index is 13.1. The first-order chi connectivity index (χ1) is 15.1. The topological polar surface area (TPSA) is 71.1 Å². The van der Waals surface area contributed by atoms with Crippen molar-refractivity contribution >= 4 is 17.1 Å². The molecule has 6 nitrogen and oxygen atoms in total. The number of fused-ring (bicyclic) bond motifs is 1. The highest BCUT2D eigenvalue weighted by atomic mass is 16.5. The molecular formula is C25H26O6. The molecule has 0 saturated heterocycles. The molecule has 3 atom stereocenters. The lowest BCUT2D eigenvalue weighted by Crippen LogP contribution is -2.41. The molecule has 3 unspecified atom stereocenters. The number of hydrogen-bond donors (Lipinski definition) is 0. The van der Waals surface area contributed by atoms with Crippen LogP contribution in [-0.2, 0) is 14.3 Å². The number of benzene rings is 2. The van der Waals surface area contributed by atoms with Crippen LogP contribution >= 0.6 is 0 Å². The summed E-state index contributed by atoms with van der Waals surface area (Å²) >= 11 is 0. The van der Waals surface area contributed by atoms with Crippen LogP contribution in [0, 0.1) is 5.92 Å². The highest BCUT2D eigenvalue weighted by Crippen LogP contribution is 2.39. The number of hydrogen-bond acceptors (Lipinski definition) is 6. The van der Waals surface area contributed by atoms with Crippen molar-refractivity contribution in [3.63, 3.8) is 0 Å². The third-order valence-electron chi connectivity index (χ3n) is 5.97. The van der Waals surface area contributed by atoms with E-state index < -0.39 is 0 Å². The summed E-state index contributed by atoms with van der Waals surface area (Å²) in [5.74, 6) is 1.15. The summed E-state index contributed by atoms with van der Waals surface area (Å²) in [6.07, 6.45) is 3.16. The van der Waals surface area contributed by atoms with E-state index in [2.05, 4.69) is 0 Å². The Hall–Kier alpha value is -3.12. The zero-order chi connectivity index (χ0) is 21.8. The van der Waals surface area contributed by atoms with Crippen LogP contribution < -0.4 is 9.47 Å². The second kappa shape index (κ2) is 9.35. The van der Waals surface area contributed by atoms with Gasteiger partial charge in [-0.05, 0) is 43.2 Å². The standard InChI is InChI=1S/C25H26O6/c1-28-17-9-7-16(8-10-17)22(26)15-30-18-11-12-20-24(13-18)31-14-21(25(20)27)19-5-3-4-6-23(19)29-2/h3-10,14,18,20,24H,11-13,15H2,1-2H3. The number of allylic oxidation sites excluding steroid dienone is 1. The fraction of sp³-hybridized carbons (Fsp3) is 0.360. The predicted octanol–water partition coefficient (Wildman–Crippen LogP) is 4.08. The van der Waals surface area contributed by atoms with Gasteiger partial charge in [-0.1, -0.05) is 18.2 Å². The van der Waals surface area contributed by atoms with Gasteiger partial charge in [-0.25, -0.2) is 0 Å². The van der Waals surface area contributed by atoms with Crippen LogP contribution in [0.1, 0.15) is 35.2 Å². The van der Waals surface area contributed by atoms with Gasteiger partial charge in [0.05, 0.1) is 38.1 Å². The van der Waals surface area contributed by atoms with Crippen molar-refractivity contribution in [2.24, 2.45) is 5.92 Å². The fourth-order valence-electron chi connectivity index (χ4n) is 4.22. The Labute approximate surface area is 181 Å².